The van der Waals surface area contributed by atoms with Gasteiger partial charge in [0.05, 0.1) is 7.11 Å². The van der Waals surface area contributed by atoms with Crippen molar-refractivity contribution in [2.45, 2.75) is 26.7 Å². The van der Waals surface area contributed by atoms with Crippen molar-refractivity contribution in [3.8, 4) is 5.75 Å². The number of amides is 2. The summed E-state index contributed by atoms with van der Waals surface area (Å²) in [5.41, 5.74) is 2.44. The lowest BCUT2D eigenvalue weighted by Crippen LogP contribution is -2.50. The summed E-state index contributed by atoms with van der Waals surface area (Å²) in [5.74, 6) is 0.998. The maximum Gasteiger partial charge on any atom is 0.255 e. The molecule has 0 aliphatic carbocycles. The van der Waals surface area contributed by atoms with Gasteiger partial charge in [-0.05, 0) is 61.4 Å². The van der Waals surface area contributed by atoms with Gasteiger partial charge < -0.3 is 19.9 Å². The highest BCUT2D eigenvalue weighted by molar-refractivity contribution is 6.04. The minimum atomic E-state index is -0.154. The van der Waals surface area contributed by atoms with Gasteiger partial charge in [0.15, 0.2) is 0 Å². The number of benzene rings is 2. The second-order valence-electron chi connectivity index (χ2n) is 7.56. The van der Waals surface area contributed by atoms with Crippen LogP contribution in [0.1, 0.15) is 37.0 Å². The first-order chi connectivity index (χ1) is 14.5. The second-order valence-corrected chi connectivity index (χ2v) is 7.56. The van der Waals surface area contributed by atoms with Crippen molar-refractivity contribution in [1.29, 1.82) is 0 Å². The van der Waals surface area contributed by atoms with E-state index in [9.17, 15) is 9.59 Å². The molecule has 6 nitrogen and oxygen atoms in total. The first-order valence-electron chi connectivity index (χ1n) is 10.6. The van der Waals surface area contributed by atoms with E-state index in [0.29, 0.717) is 5.56 Å². The Morgan fingerprint density at radius 3 is 2.07 bits per heavy atom. The molecule has 1 heterocycles. The zero-order chi connectivity index (χ0) is 21.5. The van der Waals surface area contributed by atoms with Crippen LogP contribution in [0.3, 0.4) is 0 Å². The van der Waals surface area contributed by atoms with E-state index in [1.165, 1.54) is 0 Å². The summed E-state index contributed by atoms with van der Waals surface area (Å²) < 4.78 is 5.12. The van der Waals surface area contributed by atoms with Gasteiger partial charge in [-0.1, -0.05) is 13.8 Å². The van der Waals surface area contributed by atoms with Gasteiger partial charge in [0.1, 0.15) is 5.75 Å². The van der Waals surface area contributed by atoms with Crippen LogP contribution in [-0.4, -0.2) is 50.0 Å². The molecule has 0 bridgehead atoms. The van der Waals surface area contributed by atoms with E-state index in [0.717, 1.165) is 56.1 Å². The molecule has 0 unspecified atom stereocenters. The lowest BCUT2D eigenvalue weighted by atomic mass is 10.0. The van der Waals surface area contributed by atoms with Gasteiger partial charge in [-0.3, -0.25) is 9.59 Å². The number of anilines is 2. The molecular formula is C24H31N3O3. The summed E-state index contributed by atoms with van der Waals surface area (Å²) in [7, 11) is 1.60. The summed E-state index contributed by atoms with van der Waals surface area (Å²) >= 11 is 0. The zero-order valence-electron chi connectivity index (χ0n) is 18.1. The topological polar surface area (TPSA) is 61.9 Å². The van der Waals surface area contributed by atoms with E-state index in [4.69, 9.17) is 4.74 Å². The van der Waals surface area contributed by atoms with Crippen LogP contribution in [0.2, 0.25) is 0 Å². The van der Waals surface area contributed by atoms with Gasteiger partial charge in [-0.25, -0.2) is 0 Å². The van der Waals surface area contributed by atoms with Crippen LogP contribution < -0.4 is 15.0 Å². The molecule has 1 fully saturated rings. The first kappa shape index (κ1) is 21.7. The Morgan fingerprint density at radius 1 is 0.933 bits per heavy atom. The van der Waals surface area contributed by atoms with E-state index in [1.54, 1.807) is 31.4 Å². The van der Waals surface area contributed by atoms with Gasteiger partial charge in [0.2, 0.25) is 5.91 Å². The van der Waals surface area contributed by atoms with Crippen LogP contribution in [0.25, 0.3) is 0 Å². The summed E-state index contributed by atoms with van der Waals surface area (Å²) in [6, 6.07) is 14.9. The first-order valence-corrected chi connectivity index (χ1v) is 10.6. The number of hydrogen-bond acceptors (Lipinski definition) is 4. The van der Waals surface area contributed by atoms with Gasteiger partial charge in [0, 0.05) is 49.0 Å². The van der Waals surface area contributed by atoms with E-state index >= 15 is 0 Å². The quantitative estimate of drug-likeness (QED) is 0.750. The molecule has 1 aliphatic rings. The largest absolute Gasteiger partial charge is 0.497 e. The summed E-state index contributed by atoms with van der Waals surface area (Å²) in [5, 5.41) is 2.92. The molecule has 0 saturated carbocycles. The lowest BCUT2D eigenvalue weighted by molar-refractivity contribution is -0.136. The van der Waals surface area contributed by atoms with Crippen molar-refractivity contribution in [2.24, 2.45) is 5.92 Å². The number of rotatable bonds is 7. The molecule has 2 aromatic carbocycles. The molecule has 2 amide bonds. The predicted octanol–water partition coefficient (Wildman–Crippen LogP) is 4.03. The molecule has 0 atom stereocenters. The van der Waals surface area contributed by atoms with Crippen molar-refractivity contribution >= 4 is 23.2 Å². The molecule has 1 N–H and O–H groups in total. The molecule has 1 aliphatic heterocycles. The fourth-order valence-corrected chi connectivity index (χ4v) is 3.78. The lowest BCUT2D eigenvalue weighted by Gasteiger charge is -2.37. The normalized spacial score (nSPS) is 14.0. The maximum absolute atomic E-state index is 12.6. The van der Waals surface area contributed by atoms with Gasteiger partial charge in [-0.2, -0.15) is 0 Å². The second kappa shape index (κ2) is 10.1. The maximum atomic E-state index is 12.6. The Bertz CT molecular complexity index is 837. The standard InChI is InChI=1S/C24H31N3O3/c1-4-18(5-2)24(29)27-16-14-26(15-17-27)21-10-8-20(9-11-21)25-23(28)19-6-12-22(30-3)13-7-19/h6-13,18H,4-5,14-17H2,1-3H3,(H,25,28). The highest BCUT2D eigenvalue weighted by Gasteiger charge is 2.25. The third-order valence-electron chi connectivity index (χ3n) is 5.77. The molecule has 0 radical (unpaired) electrons. The third-order valence-corrected chi connectivity index (χ3v) is 5.77. The molecule has 2 aromatic rings. The smallest absolute Gasteiger partial charge is 0.255 e. The van der Waals surface area contributed by atoms with Gasteiger partial charge in [-0.15, -0.1) is 0 Å². The monoisotopic (exact) mass is 409 g/mol. The van der Waals surface area contributed by atoms with E-state index in [1.807, 2.05) is 29.2 Å². The van der Waals surface area contributed by atoms with Crippen molar-refractivity contribution in [1.82, 2.24) is 4.90 Å². The summed E-state index contributed by atoms with van der Waals surface area (Å²) in [6.45, 7) is 7.32. The summed E-state index contributed by atoms with van der Waals surface area (Å²) in [6.07, 6.45) is 1.80. The molecule has 0 aromatic heterocycles. The van der Waals surface area contributed by atoms with Crippen LogP contribution in [0.15, 0.2) is 48.5 Å². The minimum absolute atomic E-state index is 0.144. The number of ether oxygens (including phenoxy) is 1. The Kier molecular flexibility index (Phi) is 7.33. The van der Waals surface area contributed by atoms with Gasteiger partial charge in [0.25, 0.3) is 5.91 Å². The Balaban J connectivity index is 1.54. The molecule has 3 rings (SSSR count). The SMILES string of the molecule is CCC(CC)C(=O)N1CCN(c2ccc(NC(=O)c3ccc(OC)cc3)cc2)CC1. The molecule has 160 valence electrons. The van der Waals surface area contributed by atoms with Crippen LogP contribution in [0.4, 0.5) is 11.4 Å². The Labute approximate surface area is 178 Å². The number of carbonyl (C=O) groups excluding carboxylic acids is 2. The number of methoxy groups -OCH3 is 1. The van der Waals surface area contributed by atoms with E-state index in [-0.39, 0.29) is 17.7 Å². The number of carbonyl (C=O) groups is 2. The third kappa shape index (κ3) is 5.12. The van der Waals surface area contributed by atoms with E-state index in [2.05, 4.69) is 24.1 Å². The Morgan fingerprint density at radius 2 is 1.53 bits per heavy atom. The van der Waals surface area contributed by atoms with Gasteiger partial charge >= 0.3 is 0 Å². The average Bonchev–Trinajstić information content (AvgIpc) is 2.80. The predicted molar refractivity (Wildman–Crippen MR) is 120 cm³/mol. The number of piperazine rings is 1. The van der Waals surface area contributed by atoms with Crippen LogP contribution in [0, 0.1) is 5.92 Å². The van der Waals surface area contributed by atoms with Crippen LogP contribution >= 0.6 is 0 Å². The highest BCUT2D eigenvalue weighted by atomic mass is 16.5. The van der Waals surface area contributed by atoms with Crippen LogP contribution in [0.5, 0.6) is 5.75 Å². The fraction of sp³-hybridized carbons (Fsp3) is 0.417. The molecule has 0 spiro atoms. The molecule has 6 heteroatoms. The minimum Gasteiger partial charge on any atom is -0.497 e. The molecule has 30 heavy (non-hydrogen) atoms. The summed E-state index contributed by atoms with van der Waals surface area (Å²) in [4.78, 5) is 29.2. The van der Waals surface area contributed by atoms with E-state index < -0.39 is 0 Å². The van der Waals surface area contributed by atoms with Crippen LogP contribution in [-0.2, 0) is 4.79 Å². The average molecular weight is 410 g/mol. The van der Waals surface area contributed by atoms with Crippen molar-refractivity contribution in [3.63, 3.8) is 0 Å². The number of nitrogens with zero attached hydrogens (tertiary/aromatic N) is 2. The molecular weight excluding hydrogens is 378 g/mol. The fourth-order valence-electron chi connectivity index (χ4n) is 3.78. The Hall–Kier alpha value is -3.02. The van der Waals surface area contributed by atoms with Crippen molar-refractivity contribution in [3.05, 3.63) is 54.1 Å². The zero-order valence-corrected chi connectivity index (χ0v) is 18.1. The van der Waals surface area contributed by atoms with Crippen molar-refractivity contribution < 1.29 is 14.3 Å². The molecule has 1 saturated heterocycles. The number of hydrogen-bond donors (Lipinski definition) is 1. The number of nitrogens with one attached hydrogen (secondary N) is 1. The highest BCUT2D eigenvalue weighted by Crippen LogP contribution is 2.22. The van der Waals surface area contributed by atoms with Crippen molar-refractivity contribution in [2.75, 3.05) is 43.5 Å².